The van der Waals surface area contributed by atoms with E-state index in [1.807, 2.05) is 7.05 Å². The van der Waals surface area contributed by atoms with Crippen molar-refractivity contribution in [3.05, 3.63) is 0 Å². The summed E-state index contributed by atoms with van der Waals surface area (Å²) >= 11 is 0. The molecule has 0 bridgehead atoms. The SMILES string of the molecule is CC[Si](N)(NC)C1CCCC1. The number of hydrogen-bond donors (Lipinski definition) is 2. The summed E-state index contributed by atoms with van der Waals surface area (Å²) < 4.78 is 0. The topological polar surface area (TPSA) is 38.0 Å². The molecule has 0 radical (unpaired) electrons. The van der Waals surface area contributed by atoms with Crippen LogP contribution in [0, 0.1) is 0 Å². The van der Waals surface area contributed by atoms with Crippen molar-refractivity contribution in [3.63, 3.8) is 0 Å². The molecule has 1 rings (SSSR count). The van der Waals surface area contributed by atoms with Crippen LogP contribution in [0.4, 0.5) is 0 Å². The minimum atomic E-state index is -1.51. The molecule has 1 unspecified atom stereocenters. The molecular formula is C8H20N2Si. The third-order valence-corrected chi connectivity index (χ3v) is 7.27. The third kappa shape index (κ3) is 1.83. The van der Waals surface area contributed by atoms with E-state index in [-0.39, 0.29) is 0 Å². The van der Waals surface area contributed by atoms with Gasteiger partial charge in [0.2, 0.25) is 8.40 Å². The fraction of sp³-hybridized carbons (Fsp3) is 1.00. The summed E-state index contributed by atoms with van der Waals surface area (Å²) in [6.45, 7) is 2.22. The summed E-state index contributed by atoms with van der Waals surface area (Å²) in [5, 5.41) is 6.33. The Labute approximate surface area is 70.7 Å². The maximum absolute atomic E-state index is 6.33. The highest BCUT2D eigenvalue weighted by Gasteiger charge is 2.36. The predicted octanol–water partition coefficient (Wildman–Crippen LogP) is 1.57. The van der Waals surface area contributed by atoms with E-state index in [1.165, 1.54) is 31.7 Å². The Morgan fingerprint density at radius 3 is 2.36 bits per heavy atom. The van der Waals surface area contributed by atoms with Gasteiger partial charge in [-0.15, -0.1) is 0 Å². The molecule has 0 saturated heterocycles. The van der Waals surface area contributed by atoms with Gasteiger partial charge >= 0.3 is 0 Å². The highest BCUT2D eigenvalue weighted by Crippen LogP contribution is 2.36. The summed E-state index contributed by atoms with van der Waals surface area (Å²) in [4.78, 5) is 3.39. The summed E-state index contributed by atoms with van der Waals surface area (Å²) in [5.41, 5.74) is 0.845. The second-order valence-corrected chi connectivity index (χ2v) is 7.73. The van der Waals surface area contributed by atoms with Crippen LogP contribution < -0.4 is 10.4 Å². The molecule has 2 nitrogen and oxygen atoms in total. The van der Waals surface area contributed by atoms with Gasteiger partial charge in [-0.1, -0.05) is 32.6 Å². The third-order valence-electron chi connectivity index (χ3n) is 3.13. The molecule has 0 aromatic carbocycles. The monoisotopic (exact) mass is 172 g/mol. The van der Waals surface area contributed by atoms with Gasteiger partial charge in [-0.05, 0) is 18.6 Å². The molecule has 1 aliphatic carbocycles. The van der Waals surface area contributed by atoms with Crippen molar-refractivity contribution in [3.8, 4) is 0 Å². The molecule has 3 heteroatoms. The molecule has 1 fully saturated rings. The minimum Gasteiger partial charge on any atom is -0.339 e. The van der Waals surface area contributed by atoms with Crippen LogP contribution in [0.2, 0.25) is 11.6 Å². The lowest BCUT2D eigenvalue weighted by Gasteiger charge is -2.30. The Kier molecular flexibility index (Phi) is 3.10. The average molecular weight is 172 g/mol. The van der Waals surface area contributed by atoms with E-state index in [0.29, 0.717) is 0 Å². The van der Waals surface area contributed by atoms with E-state index < -0.39 is 8.40 Å². The maximum atomic E-state index is 6.33. The Morgan fingerprint density at radius 1 is 1.45 bits per heavy atom. The van der Waals surface area contributed by atoms with Crippen molar-refractivity contribution in [2.45, 2.75) is 44.2 Å². The van der Waals surface area contributed by atoms with Crippen LogP contribution in [0.25, 0.3) is 0 Å². The average Bonchev–Trinajstić information content (AvgIpc) is 2.55. The second-order valence-electron chi connectivity index (χ2n) is 3.63. The quantitative estimate of drug-likeness (QED) is 0.634. The van der Waals surface area contributed by atoms with Gasteiger partial charge in [-0.25, -0.2) is 0 Å². The van der Waals surface area contributed by atoms with Gasteiger partial charge in [-0.3, -0.25) is 0 Å². The number of rotatable bonds is 3. The largest absolute Gasteiger partial charge is 0.339 e. The van der Waals surface area contributed by atoms with Crippen LogP contribution in [0.15, 0.2) is 0 Å². The fourth-order valence-corrected chi connectivity index (χ4v) is 4.89. The van der Waals surface area contributed by atoms with E-state index in [0.717, 1.165) is 5.54 Å². The Balaban J connectivity index is 2.52. The second kappa shape index (κ2) is 3.69. The van der Waals surface area contributed by atoms with Crippen molar-refractivity contribution in [2.24, 2.45) is 5.40 Å². The Morgan fingerprint density at radius 2 is 2.00 bits per heavy atom. The predicted molar refractivity (Wildman–Crippen MR) is 51.7 cm³/mol. The zero-order valence-electron chi connectivity index (χ0n) is 7.69. The lowest BCUT2D eigenvalue weighted by molar-refractivity contribution is 0.789. The first-order valence-electron chi connectivity index (χ1n) is 4.70. The highest BCUT2D eigenvalue weighted by molar-refractivity contribution is 6.75. The number of hydrogen-bond acceptors (Lipinski definition) is 2. The van der Waals surface area contributed by atoms with Gasteiger partial charge in [0.1, 0.15) is 0 Å². The first-order valence-corrected chi connectivity index (χ1v) is 7.07. The van der Waals surface area contributed by atoms with Gasteiger partial charge < -0.3 is 10.4 Å². The van der Waals surface area contributed by atoms with Crippen LogP contribution in [0.3, 0.4) is 0 Å². The van der Waals surface area contributed by atoms with E-state index in [9.17, 15) is 0 Å². The van der Waals surface area contributed by atoms with Gasteiger partial charge in [0.05, 0.1) is 0 Å². The van der Waals surface area contributed by atoms with Crippen LogP contribution in [0.5, 0.6) is 0 Å². The zero-order valence-corrected chi connectivity index (χ0v) is 8.69. The fourth-order valence-electron chi connectivity index (χ4n) is 2.11. The molecule has 1 saturated carbocycles. The van der Waals surface area contributed by atoms with Crippen molar-refractivity contribution in [1.82, 2.24) is 4.98 Å². The van der Waals surface area contributed by atoms with E-state index in [4.69, 9.17) is 5.40 Å². The molecule has 11 heavy (non-hydrogen) atoms. The molecule has 1 aliphatic rings. The van der Waals surface area contributed by atoms with Crippen molar-refractivity contribution < 1.29 is 0 Å². The normalized spacial score (nSPS) is 25.4. The van der Waals surface area contributed by atoms with Gasteiger partial charge in [0.15, 0.2) is 0 Å². The summed E-state index contributed by atoms with van der Waals surface area (Å²) in [5.74, 6) is 0. The Hall–Kier alpha value is 0.137. The molecule has 3 N–H and O–H groups in total. The van der Waals surface area contributed by atoms with Crippen LogP contribution >= 0.6 is 0 Å². The van der Waals surface area contributed by atoms with Crippen LogP contribution in [-0.4, -0.2) is 15.4 Å². The van der Waals surface area contributed by atoms with Crippen LogP contribution in [0.1, 0.15) is 32.6 Å². The van der Waals surface area contributed by atoms with Crippen LogP contribution in [-0.2, 0) is 0 Å². The first kappa shape index (κ1) is 9.23. The van der Waals surface area contributed by atoms with Gasteiger partial charge in [-0.2, -0.15) is 0 Å². The molecule has 66 valence electrons. The summed E-state index contributed by atoms with van der Waals surface area (Å²) in [6, 6.07) is 1.17. The zero-order chi connectivity index (χ0) is 8.32. The van der Waals surface area contributed by atoms with Crippen molar-refractivity contribution in [1.29, 1.82) is 0 Å². The summed E-state index contributed by atoms with van der Waals surface area (Å²) in [6.07, 6.45) is 5.55. The van der Waals surface area contributed by atoms with Gasteiger partial charge in [0, 0.05) is 0 Å². The molecule has 0 spiro atoms. The maximum Gasteiger partial charge on any atom is 0.201 e. The smallest absolute Gasteiger partial charge is 0.201 e. The highest BCUT2D eigenvalue weighted by atomic mass is 28.3. The molecule has 0 aromatic heterocycles. The van der Waals surface area contributed by atoms with Crippen molar-refractivity contribution in [2.75, 3.05) is 7.05 Å². The molecule has 0 aliphatic heterocycles. The van der Waals surface area contributed by atoms with E-state index in [1.54, 1.807) is 0 Å². The minimum absolute atomic E-state index is 0.845. The summed E-state index contributed by atoms with van der Waals surface area (Å²) in [7, 11) is 0.521. The molecule has 0 heterocycles. The number of nitrogens with two attached hydrogens (primary N) is 1. The molecule has 1 atom stereocenters. The van der Waals surface area contributed by atoms with E-state index in [2.05, 4.69) is 11.9 Å². The number of nitrogens with one attached hydrogen (secondary N) is 1. The van der Waals surface area contributed by atoms with Crippen molar-refractivity contribution >= 4 is 8.40 Å². The molecular weight excluding hydrogens is 152 g/mol. The lowest BCUT2D eigenvalue weighted by atomic mass is 10.4. The molecule has 0 aromatic rings. The Bertz CT molecular complexity index is 117. The lowest BCUT2D eigenvalue weighted by Crippen LogP contribution is -2.60. The van der Waals surface area contributed by atoms with Gasteiger partial charge in [0.25, 0.3) is 0 Å². The van der Waals surface area contributed by atoms with E-state index >= 15 is 0 Å². The first-order chi connectivity index (χ1) is 5.23. The standard InChI is InChI=1S/C8H20N2Si/c1-3-11(9,10-2)8-6-4-5-7-8/h8,10H,3-7,9H2,1-2H3. The molecule has 0 amide bonds.